The summed E-state index contributed by atoms with van der Waals surface area (Å²) in [5.41, 5.74) is 2.99. The number of nitrogens with one attached hydrogen (secondary N) is 2. The number of para-hydroxylation sites is 1. The molecular weight excluding hydrogens is 434 g/mol. The number of ether oxygens (including phenoxy) is 1. The van der Waals surface area contributed by atoms with Crippen molar-refractivity contribution in [1.82, 2.24) is 10.3 Å². The van der Waals surface area contributed by atoms with E-state index in [2.05, 4.69) is 33.9 Å². The minimum absolute atomic E-state index is 0.0386. The molecule has 2 N–H and O–H groups in total. The molecule has 2 aromatic heterocycles. The van der Waals surface area contributed by atoms with Crippen LogP contribution < -0.4 is 15.0 Å². The van der Waals surface area contributed by atoms with Crippen LogP contribution in [-0.2, 0) is 9.59 Å². The summed E-state index contributed by atoms with van der Waals surface area (Å²) in [7, 11) is 1.60. The van der Waals surface area contributed by atoms with Crippen LogP contribution in [0, 0.1) is 5.92 Å². The second-order valence-electron chi connectivity index (χ2n) is 8.21. The fourth-order valence-corrected chi connectivity index (χ4v) is 5.34. The molecule has 2 atom stereocenters. The first-order valence-corrected chi connectivity index (χ1v) is 11.8. The Morgan fingerprint density at radius 1 is 1.21 bits per heavy atom. The van der Waals surface area contributed by atoms with Gasteiger partial charge >= 0.3 is 0 Å². The zero-order valence-electron chi connectivity index (χ0n) is 18.3. The minimum Gasteiger partial charge on any atom is -0.497 e. The molecule has 0 bridgehead atoms. The van der Waals surface area contributed by atoms with Crippen LogP contribution in [0.15, 0.2) is 72.2 Å². The fraction of sp³-hybridized carbons (Fsp3) is 0.231. The summed E-state index contributed by atoms with van der Waals surface area (Å²) in [6, 6.07) is 19.7. The van der Waals surface area contributed by atoms with Crippen LogP contribution in [0.5, 0.6) is 5.75 Å². The number of aromatic amines is 1. The first-order chi connectivity index (χ1) is 16.1. The lowest BCUT2D eigenvalue weighted by atomic mass is 9.96. The van der Waals surface area contributed by atoms with E-state index in [9.17, 15) is 9.59 Å². The Morgan fingerprint density at radius 2 is 2.09 bits per heavy atom. The van der Waals surface area contributed by atoms with E-state index in [0.29, 0.717) is 18.8 Å². The number of hydrogen-bond acceptors (Lipinski definition) is 4. The van der Waals surface area contributed by atoms with Crippen molar-refractivity contribution in [3.05, 3.63) is 82.7 Å². The van der Waals surface area contributed by atoms with Crippen LogP contribution in [-0.4, -0.2) is 37.0 Å². The number of fused-ring (bicyclic) bond motifs is 1. The smallest absolute Gasteiger partial charge is 0.227 e. The van der Waals surface area contributed by atoms with E-state index in [0.717, 1.165) is 22.2 Å². The van der Waals surface area contributed by atoms with Gasteiger partial charge in [-0.15, -0.1) is 11.3 Å². The first kappa shape index (κ1) is 21.3. The summed E-state index contributed by atoms with van der Waals surface area (Å²) >= 11 is 1.68. The number of anilines is 1. The number of nitrogens with zero attached hydrogens (tertiary/aromatic N) is 1. The summed E-state index contributed by atoms with van der Waals surface area (Å²) in [4.78, 5) is 31.9. The molecule has 2 aromatic carbocycles. The van der Waals surface area contributed by atoms with Gasteiger partial charge in [-0.1, -0.05) is 30.3 Å². The summed E-state index contributed by atoms with van der Waals surface area (Å²) < 4.78 is 5.27. The van der Waals surface area contributed by atoms with Gasteiger partial charge in [0, 0.05) is 59.2 Å². The van der Waals surface area contributed by atoms with Crippen molar-refractivity contribution in [2.75, 3.05) is 25.1 Å². The molecule has 0 aliphatic carbocycles. The number of rotatable bonds is 7. The standard InChI is InChI=1S/C26H25N3O3S/c1-32-19-7-4-6-18(13-19)29-16-17(12-25(29)30)26(31)28-15-22(24-10-5-11-33-24)21-14-27-23-9-3-2-8-20(21)23/h2-11,13-14,17,22,27H,12,15-16H2,1H3,(H,28,31)/t17-,22-/m1/s1. The predicted octanol–water partition coefficient (Wildman–Crippen LogP) is 4.54. The molecular formula is C26H25N3O3S. The lowest BCUT2D eigenvalue weighted by molar-refractivity contribution is -0.126. The maximum atomic E-state index is 13.1. The fourth-order valence-electron chi connectivity index (χ4n) is 4.49. The number of carbonyl (C=O) groups is 2. The second-order valence-corrected chi connectivity index (χ2v) is 9.19. The van der Waals surface area contributed by atoms with E-state index in [1.807, 2.05) is 48.7 Å². The average molecular weight is 460 g/mol. The topological polar surface area (TPSA) is 74.4 Å². The molecule has 0 saturated carbocycles. The second kappa shape index (κ2) is 9.11. The Balaban J connectivity index is 1.31. The van der Waals surface area contributed by atoms with Gasteiger partial charge in [0.2, 0.25) is 11.8 Å². The maximum absolute atomic E-state index is 13.1. The van der Waals surface area contributed by atoms with Crippen LogP contribution in [0.3, 0.4) is 0 Å². The van der Waals surface area contributed by atoms with Crippen LogP contribution in [0.1, 0.15) is 22.8 Å². The van der Waals surface area contributed by atoms with E-state index in [-0.39, 0.29) is 30.1 Å². The molecule has 0 radical (unpaired) electrons. The molecule has 168 valence electrons. The molecule has 4 aromatic rings. The third kappa shape index (κ3) is 4.24. The molecule has 6 nitrogen and oxygen atoms in total. The van der Waals surface area contributed by atoms with Gasteiger partial charge in [-0.3, -0.25) is 9.59 Å². The number of benzene rings is 2. The number of hydrogen-bond donors (Lipinski definition) is 2. The van der Waals surface area contributed by atoms with E-state index in [1.54, 1.807) is 23.3 Å². The Hall–Kier alpha value is -3.58. The van der Waals surface area contributed by atoms with Crippen molar-refractivity contribution in [2.45, 2.75) is 12.3 Å². The number of H-pyrrole nitrogens is 1. The lowest BCUT2D eigenvalue weighted by Crippen LogP contribution is -2.35. The molecule has 33 heavy (non-hydrogen) atoms. The average Bonchev–Trinajstić information content (AvgIpc) is 3.60. The Kier molecular flexibility index (Phi) is 5.88. The summed E-state index contributed by atoms with van der Waals surface area (Å²) in [6.45, 7) is 0.847. The quantitative estimate of drug-likeness (QED) is 0.426. The van der Waals surface area contributed by atoms with Gasteiger partial charge < -0.3 is 19.9 Å². The number of thiophene rings is 1. The predicted molar refractivity (Wildman–Crippen MR) is 131 cm³/mol. The van der Waals surface area contributed by atoms with Gasteiger partial charge in [-0.05, 0) is 35.2 Å². The zero-order chi connectivity index (χ0) is 22.8. The van der Waals surface area contributed by atoms with E-state index in [1.165, 1.54) is 4.88 Å². The highest BCUT2D eigenvalue weighted by Crippen LogP contribution is 2.33. The number of methoxy groups -OCH3 is 1. The first-order valence-electron chi connectivity index (χ1n) is 11.0. The Bertz CT molecular complexity index is 1280. The minimum atomic E-state index is -0.379. The van der Waals surface area contributed by atoms with Crippen molar-refractivity contribution in [1.29, 1.82) is 0 Å². The molecule has 0 spiro atoms. The molecule has 2 amide bonds. The highest BCUT2D eigenvalue weighted by atomic mass is 32.1. The number of aromatic nitrogens is 1. The van der Waals surface area contributed by atoms with Gasteiger partial charge in [0.25, 0.3) is 0 Å². The SMILES string of the molecule is COc1cccc(N2C[C@H](C(=O)NC[C@@H](c3cccs3)c3c[nH]c4ccccc34)CC2=O)c1. The summed E-state index contributed by atoms with van der Waals surface area (Å²) in [5, 5.41) is 6.35. The van der Waals surface area contributed by atoms with Gasteiger partial charge in [0.05, 0.1) is 13.0 Å². The third-order valence-electron chi connectivity index (χ3n) is 6.22. The molecule has 3 heterocycles. The van der Waals surface area contributed by atoms with E-state index in [4.69, 9.17) is 4.74 Å². The van der Waals surface area contributed by atoms with Crippen molar-refractivity contribution >= 4 is 39.7 Å². The molecule has 5 rings (SSSR count). The van der Waals surface area contributed by atoms with Crippen LogP contribution in [0.2, 0.25) is 0 Å². The van der Waals surface area contributed by atoms with E-state index < -0.39 is 0 Å². The van der Waals surface area contributed by atoms with Gasteiger partial charge in [0.1, 0.15) is 5.75 Å². The molecule has 0 unspecified atom stereocenters. The van der Waals surface area contributed by atoms with Gasteiger partial charge in [0.15, 0.2) is 0 Å². The number of amides is 2. The Labute approximate surface area is 196 Å². The zero-order valence-corrected chi connectivity index (χ0v) is 19.1. The molecule has 1 aliphatic rings. The van der Waals surface area contributed by atoms with Crippen molar-refractivity contribution < 1.29 is 14.3 Å². The molecule has 1 aliphatic heterocycles. The molecule has 7 heteroatoms. The summed E-state index contributed by atoms with van der Waals surface area (Å²) in [6.07, 6.45) is 2.24. The lowest BCUT2D eigenvalue weighted by Gasteiger charge is -2.19. The van der Waals surface area contributed by atoms with Crippen molar-refractivity contribution in [3.8, 4) is 5.75 Å². The number of carbonyl (C=O) groups excluding carboxylic acids is 2. The third-order valence-corrected chi connectivity index (χ3v) is 7.21. The largest absolute Gasteiger partial charge is 0.497 e. The highest BCUT2D eigenvalue weighted by molar-refractivity contribution is 7.10. The molecule has 1 saturated heterocycles. The van der Waals surface area contributed by atoms with Crippen molar-refractivity contribution in [2.24, 2.45) is 5.92 Å². The maximum Gasteiger partial charge on any atom is 0.227 e. The van der Waals surface area contributed by atoms with E-state index >= 15 is 0 Å². The van der Waals surface area contributed by atoms with Crippen LogP contribution in [0.4, 0.5) is 5.69 Å². The summed E-state index contributed by atoms with van der Waals surface area (Å²) in [5.74, 6) is 0.211. The highest BCUT2D eigenvalue weighted by Gasteiger charge is 2.35. The van der Waals surface area contributed by atoms with Crippen molar-refractivity contribution in [3.63, 3.8) is 0 Å². The van der Waals surface area contributed by atoms with Gasteiger partial charge in [-0.25, -0.2) is 0 Å². The van der Waals surface area contributed by atoms with Crippen LogP contribution >= 0.6 is 11.3 Å². The molecule has 1 fully saturated rings. The van der Waals surface area contributed by atoms with Crippen LogP contribution in [0.25, 0.3) is 10.9 Å². The normalized spacial score (nSPS) is 16.8. The monoisotopic (exact) mass is 459 g/mol. The Morgan fingerprint density at radius 3 is 2.91 bits per heavy atom. The van der Waals surface area contributed by atoms with Gasteiger partial charge in [-0.2, -0.15) is 0 Å².